The van der Waals surface area contributed by atoms with Crippen molar-refractivity contribution in [2.75, 3.05) is 0 Å². The van der Waals surface area contributed by atoms with Crippen LogP contribution < -0.4 is 10.4 Å². The lowest BCUT2D eigenvalue weighted by atomic mass is 10.1. The molecule has 5 heteroatoms. The maximum Gasteiger partial charge on any atom is 0.235 e. The van der Waals surface area contributed by atoms with Gasteiger partial charge in [0.25, 0.3) is 0 Å². The second kappa shape index (κ2) is 8.23. The van der Waals surface area contributed by atoms with Gasteiger partial charge in [-0.05, 0) is 34.1 Å². The van der Waals surface area contributed by atoms with Gasteiger partial charge in [-0.2, -0.15) is 0 Å². The maximum absolute atomic E-state index is 5.50. The number of nitrogens with zero attached hydrogens (tertiary/aromatic N) is 3. The molecule has 3 nitrogen and oxygen atoms in total. The molecule has 1 aliphatic rings. The Labute approximate surface area is 242 Å². The van der Waals surface area contributed by atoms with Crippen molar-refractivity contribution < 1.29 is 0 Å². The number of thiophene rings is 1. The molecule has 41 heavy (non-hydrogen) atoms. The van der Waals surface area contributed by atoms with Gasteiger partial charge in [0.15, 0.2) is 0 Å². The lowest BCUT2D eigenvalue weighted by molar-refractivity contribution is 1.00. The fourth-order valence-corrected chi connectivity index (χ4v) is 11.3. The SMILES string of the molecule is C[Si]1(C)c2ccccc2-c2nc(-n3c4ccccc4c4ccc5sc6ccccc6c5c43)nc(-c3ccccc3)c21. The Hall–Kier alpha value is -4.58. The van der Waals surface area contributed by atoms with Gasteiger partial charge in [0.05, 0.1) is 22.4 Å². The first kappa shape index (κ1) is 23.2. The van der Waals surface area contributed by atoms with Crippen LogP contribution in [0.3, 0.4) is 0 Å². The molecule has 0 radical (unpaired) electrons. The Morgan fingerprint density at radius 3 is 2.20 bits per heavy atom. The van der Waals surface area contributed by atoms with E-state index in [-0.39, 0.29) is 0 Å². The van der Waals surface area contributed by atoms with Gasteiger partial charge in [-0.25, -0.2) is 9.97 Å². The molecule has 0 N–H and O–H groups in total. The van der Waals surface area contributed by atoms with E-state index in [4.69, 9.17) is 9.97 Å². The predicted molar refractivity (Wildman–Crippen MR) is 177 cm³/mol. The third kappa shape index (κ3) is 3.07. The Morgan fingerprint density at radius 1 is 0.610 bits per heavy atom. The first-order valence-electron chi connectivity index (χ1n) is 14.0. The highest BCUT2D eigenvalue weighted by Gasteiger charge is 2.41. The third-order valence-corrected chi connectivity index (χ3v) is 13.4. The number of benzene rings is 5. The van der Waals surface area contributed by atoms with Crippen LogP contribution in [-0.2, 0) is 0 Å². The summed E-state index contributed by atoms with van der Waals surface area (Å²) in [5, 5.41) is 7.79. The van der Waals surface area contributed by atoms with Gasteiger partial charge in [-0.1, -0.05) is 110 Å². The van der Waals surface area contributed by atoms with E-state index in [1.54, 1.807) is 0 Å². The summed E-state index contributed by atoms with van der Waals surface area (Å²) in [6.45, 7) is 4.88. The van der Waals surface area contributed by atoms with E-state index in [0.29, 0.717) is 0 Å². The van der Waals surface area contributed by atoms with E-state index in [2.05, 4.69) is 133 Å². The quantitative estimate of drug-likeness (QED) is 0.199. The molecular formula is C36H25N3SSi. The van der Waals surface area contributed by atoms with Gasteiger partial charge in [0.2, 0.25) is 5.95 Å². The van der Waals surface area contributed by atoms with Crippen LogP contribution in [0.1, 0.15) is 0 Å². The summed E-state index contributed by atoms with van der Waals surface area (Å²) in [4.78, 5) is 11.0. The normalized spacial score (nSPS) is 13.8. The molecule has 194 valence electrons. The molecule has 0 bridgehead atoms. The Balaban J connectivity index is 1.49. The summed E-state index contributed by atoms with van der Waals surface area (Å²) in [6, 6.07) is 41.5. The van der Waals surface area contributed by atoms with Crippen molar-refractivity contribution >= 4 is 71.8 Å². The molecule has 0 fully saturated rings. The number of aromatic nitrogens is 3. The monoisotopic (exact) mass is 559 g/mol. The lowest BCUT2D eigenvalue weighted by Crippen LogP contribution is -2.50. The molecule has 3 aromatic heterocycles. The van der Waals surface area contributed by atoms with Crippen molar-refractivity contribution in [1.82, 2.24) is 14.5 Å². The van der Waals surface area contributed by atoms with Crippen molar-refractivity contribution in [2.24, 2.45) is 0 Å². The van der Waals surface area contributed by atoms with Crippen LogP contribution >= 0.6 is 11.3 Å². The summed E-state index contributed by atoms with van der Waals surface area (Å²) >= 11 is 1.85. The van der Waals surface area contributed by atoms with Gasteiger partial charge in [-0.3, -0.25) is 4.57 Å². The predicted octanol–water partition coefficient (Wildman–Crippen LogP) is 8.41. The number of fused-ring (bicyclic) bond motifs is 10. The van der Waals surface area contributed by atoms with Crippen molar-refractivity contribution in [2.45, 2.75) is 13.1 Å². The van der Waals surface area contributed by atoms with Gasteiger partial charge >= 0.3 is 0 Å². The standard InChI is InChI=1S/C36H25N3SSi/c1-41(2)30-19-11-8-16-26(30)33-35(41)32(22-12-4-3-5-13-22)37-36(38-33)39-27-17-9-6-14-23(27)24-20-21-29-31(34(24)39)25-15-7-10-18-28(25)40-29/h3-21H,1-2H3. The van der Waals surface area contributed by atoms with Gasteiger partial charge in [0, 0.05) is 36.5 Å². The Kier molecular flexibility index (Phi) is 4.65. The third-order valence-electron chi connectivity index (χ3n) is 8.80. The van der Waals surface area contributed by atoms with Crippen molar-refractivity contribution in [3.63, 3.8) is 0 Å². The zero-order chi connectivity index (χ0) is 27.3. The van der Waals surface area contributed by atoms with Crippen LogP contribution in [0.15, 0.2) is 115 Å². The van der Waals surface area contributed by atoms with E-state index in [0.717, 1.165) is 28.4 Å². The Bertz CT molecular complexity index is 2350. The topological polar surface area (TPSA) is 30.7 Å². The number of hydrogen-bond donors (Lipinski definition) is 0. The van der Waals surface area contributed by atoms with Crippen LogP contribution in [0.5, 0.6) is 0 Å². The molecule has 1 aliphatic heterocycles. The van der Waals surface area contributed by atoms with Crippen LogP contribution in [0, 0.1) is 0 Å². The van der Waals surface area contributed by atoms with Crippen LogP contribution in [0.2, 0.25) is 13.1 Å². The van der Waals surface area contributed by atoms with Gasteiger partial charge < -0.3 is 0 Å². The van der Waals surface area contributed by atoms with Gasteiger partial charge in [-0.15, -0.1) is 11.3 Å². The summed E-state index contributed by atoms with van der Waals surface area (Å²) in [6.07, 6.45) is 0. The summed E-state index contributed by atoms with van der Waals surface area (Å²) in [7, 11) is -2.03. The summed E-state index contributed by atoms with van der Waals surface area (Å²) in [5.74, 6) is 0.734. The van der Waals surface area contributed by atoms with E-state index in [1.807, 2.05) is 11.3 Å². The van der Waals surface area contributed by atoms with E-state index in [1.165, 1.54) is 52.4 Å². The maximum atomic E-state index is 5.50. The molecular weight excluding hydrogens is 535 g/mol. The van der Waals surface area contributed by atoms with Crippen molar-refractivity contribution in [3.8, 4) is 28.5 Å². The fraction of sp³-hybridized carbons (Fsp3) is 0.0556. The molecule has 9 rings (SSSR count). The molecule has 0 unspecified atom stereocenters. The number of hydrogen-bond acceptors (Lipinski definition) is 3. The highest BCUT2D eigenvalue weighted by atomic mass is 32.1. The van der Waals surface area contributed by atoms with E-state index < -0.39 is 8.07 Å². The highest BCUT2D eigenvalue weighted by molar-refractivity contribution is 7.26. The molecule has 0 saturated heterocycles. The van der Waals surface area contributed by atoms with Crippen LogP contribution in [0.4, 0.5) is 0 Å². The first-order valence-corrected chi connectivity index (χ1v) is 17.8. The zero-order valence-corrected chi connectivity index (χ0v) is 24.5. The summed E-state index contributed by atoms with van der Waals surface area (Å²) in [5.41, 5.74) is 6.87. The highest BCUT2D eigenvalue weighted by Crippen LogP contribution is 2.43. The first-order chi connectivity index (χ1) is 20.1. The van der Waals surface area contributed by atoms with Crippen LogP contribution in [0.25, 0.3) is 70.4 Å². The number of rotatable bonds is 2. The average molecular weight is 560 g/mol. The average Bonchev–Trinajstić information content (AvgIpc) is 3.63. The lowest BCUT2D eigenvalue weighted by Gasteiger charge is -2.22. The second-order valence-electron chi connectivity index (χ2n) is 11.4. The summed E-state index contributed by atoms with van der Waals surface area (Å²) < 4.78 is 4.91. The van der Waals surface area contributed by atoms with Gasteiger partial charge in [0.1, 0.15) is 8.07 Å². The molecule has 0 aliphatic carbocycles. The molecule has 0 spiro atoms. The Morgan fingerprint density at radius 2 is 1.32 bits per heavy atom. The second-order valence-corrected chi connectivity index (χ2v) is 16.8. The molecule has 8 aromatic rings. The fourth-order valence-electron chi connectivity index (χ4n) is 6.98. The molecule has 0 amide bonds. The molecule has 0 atom stereocenters. The van der Waals surface area contributed by atoms with E-state index >= 15 is 0 Å². The minimum atomic E-state index is -2.03. The molecule has 0 saturated carbocycles. The largest absolute Gasteiger partial charge is 0.277 e. The van der Waals surface area contributed by atoms with Crippen molar-refractivity contribution in [3.05, 3.63) is 115 Å². The van der Waals surface area contributed by atoms with Crippen LogP contribution in [-0.4, -0.2) is 22.6 Å². The minimum absolute atomic E-state index is 0.734. The van der Waals surface area contributed by atoms with Crippen molar-refractivity contribution in [1.29, 1.82) is 0 Å². The zero-order valence-electron chi connectivity index (χ0n) is 22.7. The number of para-hydroxylation sites is 1. The smallest absolute Gasteiger partial charge is 0.235 e. The van der Waals surface area contributed by atoms with E-state index in [9.17, 15) is 0 Å². The minimum Gasteiger partial charge on any atom is -0.277 e. The molecule has 4 heterocycles. The molecule has 5 aromatic carbocycles.